The highest BCUT2D eigenvalue weighted by Crippen LogP contribution is 2.34. The van der Waals surface area contributed by atoms with E-state index in [1.54, 1.807) is 12.1 Å². The maximum Gasteiger partial charge on any atom is 0.123 e. The van der Waals surface area contributed by atoms with Gasteiger partial charge < -0.3 is 5.11 Å². The second-order valence-electron chi connectivity index (χ2n) is 4.39. The van der Waals surface area contributed by atoms with Gasteiger partial charge in [0.25, 0.3) is 0 Å². The Morgan fingerprint density at radius 2 is 1.67 bits per heavy atom. The first-order valence-corrected chi connectivity index (χ1v) is 5.71. The van der Waals surface area contributed by atoms with Crippen molar-refractivity contribution in [2.24, 2.45) is 5.92 Å². The van der Waals surface area contributed by atoms with Gasteiger partial charge in [-0.2, -0.15) is 0 Å². The van der Waals surface area contributed by atoms with Crippen molar-refractivity contribution in [3.05, 3.63) is 35.6 Å². The monoisotopic (exact) mass is 208 g/mol. The highest BCUT2D eigenvalue weighted by atomic mass is 19.1. The quantitative estimate of drug-likeness (QED) is 0.789. The lowest BCUT2D eigenvalue weighted by molar-refractivity contribution is 0.0848. The van der Waals surface area contributed by atoms with Crippen molar-refractivity contribution < 1.29 is 9.50 Å². The third-order valence-corrected chi connectivity index (χ3v) is 3.31. The molecule has 0 amide bonds. The topological polar surface area (TPSA) is 20.2 Å². The minimum Gasteiger partial charge on any atom is -0.388 e. The molecule has 0 radical (unpaired) electrons. The van der Waals surface area contributed by atoms with Gasteiger partial charge in [-0.3, -0.25) is 0 Å². The molecule has 1 aliphatic carbocycles. The summed E-state index contributed by atoms with van der Waals surface area (Å²) in [6.45, 7) is 0. The smallest absolute Gasteiger partial charge is 0.123 e. The summed E-state index contributed by atoms with van der Waals surface area (Å²) in [5.74, 6) is 0.124. The molecule has 0 aromatic heterocycles. The Bertz CT molecular complexity index is 301. The van der Waals surface area contributed by atoms with Crippen molar-refractivity contribution in [1.29, 1.82) is 0 Å². The lowest BCUT2D eigenvalue weighted by Crippen LogP contribution is -2.15. The minimum absolute atomic E-state index is 0.241. The van der Waals surface area contributed by atoms with Gasteiger partial charge in [0.1, 0.15) is 5.82 Å². The van der Waals surface area contributed by atoms with Crippen LogP contribution < -0.4 is 0 Å². The van der Waals surface area contributed by atoms with Gasteiger partial charge in [-0.15, -0.1) is 0 Å². The molecule has 1 atom stereocenters. The van der Waals surface area contributed by atoms with Crippen LogP contribution in [0.3, 0.4) is 0 Å². The minimum atomic E-state index is -0.411. The summed E-state index contributed by atoms with van der Waals surface area (Å²) in [6.07, 6.45) is 5.49. The van der Waals surface area contributed by atoms with Gasteiger partial charge in [0, 0.05) is 0 Å². The van der Waals surface area contributed by atoms with Crippen LogP contribution in [0.25, 0.3) is 0 Å². The molecule has 0 heterocycles. The second-order valence-corrected chi connectivity index (χ2v) is 4.39. The number of benzene rings is 1. The Morgan fingerprint density at radius 3 is 2.27 bits per heavy atom. The zero-order valence-electron chi connectivity index (χ0n) is 8.82. The molecule has 0 spiro atoms. The number of hydrogen-bond donors (Lipinski definition) is 1. The normalized spacial score (nSPS) is 20.1. The van der Waals surface area contributed by atoms with Crippen LogP contribution in [0.2, 0.25) is 0 Å². The number of hydrogen-bond acceptors (Lipinski definition) is 1. The summed E-state index contributed by atoms with van der Waals surface area (Å²) in [7, 11) is 0. The van der Waals surface area contributed by atoms with E-state index in [2.05, 4.69) is 0 Å². The van der Waals surface area contributed by atoms with Crippen molar-refractivity contribution >= 4 is 0 Å². The van der Waals surface area contributed by atoms with Crippen LogP contribution in [0.15, 0.2) is 24.3 Å². The van der Waals surface area contributed by atoms with Crippen LogP contribution in [0, 0.1) is 11.7 Å². The largest absolute Gasteiger partial charge is 0.388 e. The molecule has 0 aliphatic heterocycles. The molecule has 1 saturated carbocycles. The van der Waals surface area contributed by atoms with Crippen molar-refractivity contribution in [1.82, 2.24) is 0 Å². The molecule has 1 aromatic rings. The van der Waals surface area contributed by atoms with E-state index in [0.717, 1.165) is 18.4 Å². The lowest BCUT2D eigenvalue weighted by Gasteiger charge is -2.26. The molecule has 1 unspecified atom stereocenters. The molecule has 0 bridgehead atoms. The molecule has 1 aliphatic rings. The molecular weight excluding hydrogens is 191 g/mol. The third kappa shape index (κ3) is 2.57. The average molecular weight is 208 g/mol. The maximum absolute atomic E-state index is 12.7. The van der Waals surface area contributed by atoms with Crippen LogP contribution >= 0.6 is 0 Å². The number of rotatable bonds is 2. The van der Waals surface area contributed by atoms with Crippen molar-refractivity contribution in [2.45, 2.75) is 38.2 Å². The highest BCUT2D eigenvalue weighted by molar-refractivity contribution is 5.19. The van der Waals surface area contributed by atoms with E-state index in [0.29, 0.717) is 5.92 Å². The standard InChI is InChI=1S/C13H17FO/c14-12-8-6-11(7-9-12)13(15)10-4-2-1-3-5-10/h6-10,13,15H,1-5H2. The SMILES string of the molecule is OC(c1ccc(F)cc1)C1CCCCC1. The van der Waals surface area contributed by atoms with E-state index < -0.39 is 6.10 Å². The average Bonchev–Trinajstić information content (AvgIpc) is 2.30. The summed E-state index contributed by atoms with van der Waals surface area (Å²) >= 11 is 0. The first-order chi connectivity index (χ1) is 7.27. The first-order valence-electron chi connectivity index (χ1n) is 5.71. The Morgan fingerprint density at radius 1 is 1.07 bits per heavy atom. The first kappa shape index (κ1) is 10.6. The Kier molecular flexibility index (Phi) is 3.37. The van der Waals surface area contributed by atoms with Crippen LogP contribution in [0.4, 0.5) is 4.39 Å². The summed E-state index contributed by atoms with van der Waals surface area (Å²) in [5, 5.41) is 10.1. The Labute approximate surface area is 89.9 Å². The molecule has 1 fully saturated rings. The molecule has 1 nitrogen and oxygen atoms in total. The summed E-state index contributed by atoms with van der Waals surface area (Å²) < 4.78 is 12.7. The molecule has 2 rings (SSSR count). The van der Waals surface area contributed by atoms with E-state index in [9.17, 15) is 9.50 Å². The predicted octanol–water partition coefficient (Wildman–Crippen LogP) is 3.44. The summed E-state index contributed by atoms with van der Waals surface area (Å²) in [4.78, 5) is 0. The zero-order valence-corrected chi connectivity index (χ0v) is 8.82. The number of aliphatic hydroxyl groups is 1. The van der Waals surface area contributed by atoms with E-state index in [1.807, 2.05) is 0 Å². The van der Waals surface area contributed by atoms with E-state index in [4.69, 9.17) is 0 Å². The molecule has 1 N–H and O–H groups in total. The highest BCUT2D eigenvalue weighted by Gasteiger charge is 2.22. The Hall–Kier alpha value is -0.890. The number of halogens is 1. The fourth-order valence-corrected chi connectivity index (χ4v) is 2.38. The zero-order chi connectivity index (χ0) is 10.7. The van der Waals surface area contributed by atoms with Gasteiger partial charge >= 0.3 is 0 Å². The van der Waals surface area contributed by atoms with Crippen molar-refractivity contribution in [3.63, 3.8) is 0 Å². The lowest BCUT2D eigenvalue weighted by atomic mass is 9.83. The van der Waals surface area contributed by atoms with Gasteiger partial charge in [0.15, 0.2) is 0 Å². The van der Waals surface area contributed by atoms with Gasteiger partial charge in [-0.1, -0.05) is 31.4 Å². The summed E-state index contributed by atoms with van der Waals surface area (Å²) in [6, 6.07) is 6.21. The van der Waals surface area contributed by atoms with Crippen LogP contribution in [0.1, 0.15) is 43.8 Å². The van der Waals surface area contributed by atoms with Crippen LogP contribution in [-0.4, -0.2) is 5.11 Å². The fourth-order valence-electron chi connectivity index (χ4n) is 2.38. The second kappa shape index (κ2) is 4.75. The van der Waals surface area contributed by atoms with E-state index in [-0.39, 0.29) is 5.82 Å². The van der Waals surface area contributed by atoms with Crippen molar-refractivity contribution in [2.75, 3.05) is 0 Å². The predicted molar refractivity (Wildman–Crippen MR) is 57.9 cm³/mol. The molecular formula is C13H17FO. The fraction of sp³-hybridized carbons (Fsp3) is 0.538. The van der Waals surface area contributed by atoms with Crippen molar-refractivity contribution in [3.8, 4) is 0 Å². The maximum atomic E-state index is 12.7. The molecule has 1 aromatic carbocycles. The Balaban J connectivity index is 2.05. The van der Waals surface area contributed by atoms with Gasteiger partial charge in [-0.05, 0) is 36.5 Å². The van der Waals surface area contributed by atoms with Gasteiger partial charge in [0.2, 0.25) is 0 Å². The van der Waals surface area contributed by atoms with Crippen LogP contribution in [0.5, 0.6) is 0 Å². The molecule has 15 heavy (non-hydrogen) atoms. The molecule has 2 heteroatoms. The van der Waals surface area contributed by atoms with Gasteiger partial charge in [-0.25, -0.2) is 4.39 Å². The van der Waals surface area contributed by atoms with Crippen LogP contribution in [-0.2, 0) is 0 Å². The van der Waals surface area contributed by atoms with E-state index >= 15 is 0 Å². The van der Waals surface area contributed by atoms with Gasteiger partial charge in [0.05, 0.1) is 6.10 Å². The van der Waals surface area contributed by atoms with E-state index in [1.165, 1.54) is 31.4 Å². The third-order valence-electron chi connectivity index (χ3n) is 3.31. The summed E-state index contributed by atoms with van der Waals surface area (Å²) in [5.41, 5.74) is 0.850. The molecule has 82 valence electrons. The molecule has 0 saturated heterocycles. The number of aliphatic hydroxyl groups excluding tert-OH is 1.